The van der Waals surface area contributed by atoms with Crippen LogP contribution in [0.5, 0.6) is 5.75 Å². The van der Waals surface area contributed by atoms with Gasteiger partial charge in [-0.2, -0.15) is 0 Å². The molecular formula is C9H11ClO. The van der Waals surface area contributed by atoms with E-state index in [1.165, 1.54) is 0 Å². The van der Waals surface area contributed by atoms with E-state index in [1.54, 1.807) is 12.1 Å². The molecule has 0 aliphatic rings. The van der Waals surface area contributed by atoms with Crippen LogP contribution in [0.15, 0.2) is 18.2 Å². The lowest BCUT2D eigenvalue weighted by Crippen LogP contribution is -1.85. The first kappa shape index (κ1) is 8.41. The summed E-state index contributed by atoms with van der Waals surface area (Å²) in [6, 6.07) is 5.30. The summed E-state index contributed by atoms with van der Waals surface area (Å²) in [6.45, 7) is 4.17. The van der Waals surface area contributed by atoms with Crippen molar-refractivity contribution >= 4 is 11.6 Å². The third-order valence-electron chi connectivity index (χ3n) is 1.64. The number of hydrogen-bond donors (Lipinski definition) is 1. The normalized spacial score (nSPS) is 10.5. The maximum Gasteiger partial charge on any atom is 0.134 e. The summed E-state index contributed by atoms with van der Waals surface area (Å²) in [4.78, 5) is 0. The van der Waals surface area contributed by atoms with Gasteiger partial charge in [0.15, 0.2) is 0 Å². The van der Waals surface area contributed by atoms with Crippen LogP contribution in [0, 0.1) is 0 Å². The zero-order valence-electron chi connectivity index (χ0n) is 6.63. The second-order valence-electron chi connectivity index (χ2n) is 2.87. The highest BCUT2D eigenvalue weighted by Gasteiger charge is 2.02. The van der Waals surface area contributed by atoms with Gasteiger partial charge in [0.2, 0.25) is 0 Å². The van der Waals surface area contributed by atoms with Crippen molar-refractivity contribution in [2.75, 3.05) is 0 Å². The Hall–Kier alpha value is -0.690. The molecule has 0 radical (unpaired) electrons. The van der Waals surface area contributed by atoms with E-state index < -0.39 is 0 Å². The van der Waals surface area contributed by atoms with Crippen molar-refractivity contribution in [1.29, 1.82) is 0 Å². The number of rotatable bonds is 1. The van der Waals surface area contributed by atoms with Gasteiger partial charge in [-0.15, -0.1) is 0 Å². The van der Waals surface area contributed by atoms with Gasteiger partial charge >= 0.3 is 0 Å². The zero-order chi connectivity index (χ0) is 8.43. The second-order valence-corrected chi connectivity index (χ2v) is 3.27. The number of halogens is 1. The molecule has 0 aliphatic heterocycles. The lowest BCUT2D eigenvalue weighted by molar-refractivity contribution is 0.475. The Bertz CT molecular complexity index is 256. The fourth-order valence-electron chi connectivity index (χ4n) is 0.882. The minimum atomic E-state index is 0.149. The van der Waals surface area contributed by atoms with Crippen LogP contribution in [0.3, 0.4) is 0 Å². The van der Waals surface area contributed by atoms with E-state index in [2.05, 4.69) is 13.8 Å². The predicted octanol–water partition coefficient (Wildman–Crippen LogP) is 3.17. The topological polar surface area (TPSA) is 20.2 Å². The summed E-state index contributed by atoms with van der Waals surface area (Å²) in [5.74, 6) is 0.601. The minimum absolute atomic E-state index is 0.149. The lowest BCUT2D eigenvalue weighted by atomic mass is 10.0. The van der Waals surface area contributed by atoms with Crippen molar-refractivity contribution in [3.8, 4) is 5.75 Å². The Balaban J connectivity index is 3.05. The molecular weight excluding hydrogens is 160 g/mol. The Labute approximate surface area is 71.6 Å². The molecule has 11 heavy (non-hydrogen) atoms. The summed E-state index contributed by atoms with van der Waals surface area (Å²) in [5.41, 5.74) is 1.15. The summed E-state index contributed by atoms with van der Waals surface area (Å²) < 4.78 is 0. The number of phenolic OH excluding ortho intramolecular Hbond substituents is 1. The molecule has 0 spiro atoms. The van der Waals surface area contributed by atoms with Crippen molar-refractivity contribution < 1.29 is 5.11 Å². The molecule has 1 rings (SSSR count). The molecule has 0 saturated heterocycles. The highest BCUT2D eigenvalue weighted by Crippen LogP contribution is 2.26. The van der Waals surface area contributed by atoms with Crippen molar-refractivity contribution in [1.82, 2.24) is 0 Å². The van der Waals surface area contributed by atoms with Crippen LogP contribution in [0.25, 0.3) is 0 Å². The highest BCUT2D eigenvalue weighted by molar-refractivity contribution is 6.32. The van der Waals surface area contributed by atoms with Gasteiger partial charge in [-0.25, -0.2) is 0 Å². The number of aromatic hydroxyl groups is 1. The second kappa shape index (κ2) is 3.14. The first-order valence-corrected chi connectivity index (χ1v) is 3.97. The first-order valence-electron chi connectivity index (χ1n) is 3.59. The van der Waals surface area contributed by atoms with Crippen LogP contribution < -0.4 is 0 Å². The van der Waals surface area contributed by atoms with Crippen molar-refractivity contribution in [2.45, 2.75) is 19.8 Å². The molecule has 0 bridgehead atoms. The molecule has 0 unspecified atom stereocenters. The molecule has 0 amide bonds. The molecule has 0 fully saturated rings. The molecule has 0 aromatic heterocycles. The monoisotopic (exact) mass is 170 g/mol. The van der Waals surface area contributed by atoms with Crippen LogP contribution in [0.1, 0.15) is 25.3 Å². The molecule has 0 heterocycles. The largest absolute Gasteiger partial charge is 0.506 e. The molecule has 0 aliphatic carbocycles. The average Bonchev–Trinajstić information content (AvgIpc) is 1.94. The quantitative estimate of drug-likeness (QED) is 0.687. The Kier molecular flexibility index (Phi) is 2.40. The van der Waals surface area contributed by atoms with Crippen LogP contribution >= 0.6 is 11.6 Å². The molecule has 1 nitrogen and oxygen atoms in total. The van der Waals surface area contributed by atoms with E-state index in [9.17, 15) is 0 Å². The number of benzene rings is 1. The fraction of sp³-hybridized carbons (Fsp3) is 0.333. The Morgan fingerprint density at radius 3 is 2.45 bits per heavy atom. The molecule has 1 aromatic carbocycles. The van der Waals surface area contributed by atoms with E-state index in [4.69, 9.17) is 16.7 Å². The van der Waals surface area contributed by atoms with Crippen molar-refractivity contribution in [3.05, 3.63) is 28.8 Å². The predicted molar refractivity (Wildman–Crippen MR) is 47.2 cm³/mol. The smallest absolute Gasteiger partial charge is 0.134 e. The van der Waals surface area contributed by atoms with E-state index >= 15 is 0 Å². The van der Waals surface area contributed by atoms with Gasteiger partial charge in [-0.1, -0.05) is 31.5 Å². The van der Waals surface area contributed by atoms with E-state index in [0.717, 1.165) is 5.56 Å². The Morgan fingerprint density at radius 1 is 1.36 bits per heavy atom. The summed E-state index contributed by atoms with van der Waals surface area (Å²) in [5, 5.41) is 9.52. The van der Waals surface area contributed by atoms with Gasteiger partial charge in [0.25, 0.3) is 0 Å². The van der Waals surface area contributed by atoms with Crippen LogP contribution in [-0.4, -0.2) is 5.11 Å². The van der Waals surface area contributed by atoms with Gasteiger partial charge in [-0.05, 0) is 23.6 Å². The van der Waals surface area contributed by atoms with Crippen LogP contribution in [-0.2, 0) is 0 Å². The number of hydrogen-bond acceptors (Lipinski definition) is 1. The molecule has 60 valence electrons. The maximum atomic E-state index is 9.09. The van der Waals surface area contributed by atoms with E-state index in [0.29, 0.717) is 10.9 Å². The molecule has 2 heteroatoms. The van der Waals surface area contributed by atoms with Gasteiger partial charge in [0.1, 0.15) is 5.75 Å². The zero-order valence-corrected chi connectivity index (χ0v) is 7.39. The van der Waals surface area contributed by atoms with Crippen molar-refractivity contribution in [2.24, 2.45) is 0 Å². The summed E-state index contributed by atoms with van der Waals surface area (Å²) in [6.07, 6.45) is 0. The maximum absolute atomic E-state index is 9.09. The van der Waals surface area contributed by atoms with Crippen molar-refractivity contribution in [3.63, 3.8) is 0 Å². The molecule has 0 atom stereocenters. The van der Waals surface area contributed by atoms with Gasteiger partial charge in [0.05, 0.1) is 5.02 Å². The van der Waals surface area contributed by atoms with Crippen LogP contribution in [0.2, 0.25) is 5.02 Å². The van der Waals surface area contributed by atoms with Gasteiger partial charge in [0, 0.05) is 0 Å². The minimum Gasteiger partial charge on any atom is -0.506 e. The third-order valence-corrected chi connectivity index (χ3v) is 1.94. The molecule has 0 saturated carbocycles. The first-order chi connectivity index (χ1) is 5.11. The third kappa shape index (κ3) is 1.87. The standard InChI is InChI=1S/C9H11ClO/c1-6(2)7-3-4-9(11)8(10)5-7/h3-6,11H,1-2H3. The Morgan fingerprint density at radius 2 is 2.00 bits per heavy atom. The average molecular weight is 171 g/mol. The molecule has 1 aromatic rings. The summed E-state index contributed by atoms with van der Waals surface area (Å²) in [7, 11) is 0. The summed E-state index contributed by atoms with van der Waals surface area (Å²) >= 11 is 5.71. The fourth-order valence-corrected chi connectivity index (χ4v) is 1.07. The van der Waals surface area contributed by atoms with Gasteiger partial charge in [-0.3, -0.25) is 0 Å². The van der Waals surface area contributed by atoms with E-state index in [-0.39, 0.29) is 5.75 Å². The SMILES string of the molecule is CC(C)c1ccc(O)c(Cl)c1. The van der Waals surface area contributed by atoms with E-state index in [1.807, 2.05) is 6.07 Å². The molecule has 1 N–H and O–H groups in total. The highest BCUT2D eigenvalue weighted by atomic mass is 35.5. The lowest BCUT2D eigenvalue weighted by Gasteiger charge is -2.05. The number of phenols is 1. The van der Waals surface area contributed by atoms with Gasteiger partial charge < -0.3 is 5.11 Å². The van der Waals surface area contributed by atoms with Crippen LogP contribution in [0.4, 0.5) is 0 Å².